The fourth-order valence-electron chi connectivity index (χ4n) is 3.60. The molecule has 0 aromatic heterocycles. The third-order valence-electron chi connectivity index (χ3n) is 5.17. The first-order valence-corrected chi connectivity index (χ1v) is 11.0. The molecule has 5 heteroatoms. The van der Waals surface area contributed by atoms with E-state index in [1.54, 1.807) is 11.8 Å². The Morgan fingerprint density at radius 3 is 2.48 bits per heavy atom. The fourth-order valence-corrected chi connectivity index (χ4v) is 4.36. The topological polar surface area (TPSA) is 41.6 Å². The van der Waals surface area contributed by atoms with Crippen molar-refractivity contribution >= 4 is 28.4 Å². The zero-order valence-corrected chi connectivity index (χ0v) is 17.2. The summed E-state index contributed by atoms with van der Waals surface area (Å²) in [6, 6.07) is 24.9. The van der Waals surface area contributed by atoms with Gasteiger partial charge in [0.1, 0.15) is 0 Å². The minimum Gasteiger partial charge on any atom is -0.379 e. The van der Waals surface area contributed by atoms with Crippen LogP contribution in [-0.4, -0.2) is 49.4 Å². The number of morpholine rings is 1. The molecule has 0 bridgehead atoms. The van der Waals surface area contributed by atoms with Crippen molar-refractivity contribution in [1.82, 2.24) is 10.2 Å². The van der Waals surface area contributed by atoms with E-state index in [1.165, 1.54) is 10.8 Å². The number of benzene rings is 3. The van der Waals surface area contributed by atoms with Gasteiger partial charge >= 0.3 is 0 Å². The van der Waals surface area contributed by atoms with Gasteiger partial charge in [-0.3, -0.25) is 9.69 Å². The lowest BCUT2D eigenvalue weighted by atomic mass is 10.1. The van der Waals surface area contributed by atoms with E-state index in [2.05, 4.69) is 52.7 Å². The largest absolute Gasteiger partial charge is 0.379 e. The molecule has 1 heterocycles. The van der Waals surface area contributed by atoms with Gasteiger partial charge in [-0.15, -0.1) is 11.8 Å². The molecular weight excluding hydrogens is 380 g/mol. The number of hydrogen-bond acceptors (Lipinski definition) is 4. The molecule has 1 N–H and O–H groups in total. The van der Waals surface area contributed by atoms with Crippen molar-refractivity contribution in [3.63, 3.8) is 0 Å². The summed E-state index contributed by atoms with van der Waals surface area (Å²) < 4.78 is 5.45. The van der Waals surface area contributed by atoms with Crippen molar-refractivity contribution in [3.05, 3.63) is 78.4 Å². The Morgan fingerprint density at radius 2 is 1.69 bits per heavy atom. The molecule has 0 unspecified atom stereocenters. The Balaban J connectivity index is 1.38. The van der Waals surface area contributed by atoms with E-state index in [9.17, 15) is 4.79 Å². The van der Waals surface area contributed by atoms with Crippen LogP contribution in [0.1, 0.15) is 11.6 Å². The Bertz CT molecular complexity index is 942. The number of nitrogens with one attached hydrogen (secondary N) is 1. The van der Waals surface area contributed by atoms with Crippen LogP contribution in [0.4, 0.5) is 0 Å². The van der Waals surface area contributed by atoms with Gasteiger partial charge in [0.2, 0.25) is 5.91 Å². The van der Waals surface area contributed by atoms with Crippen molar-refractivity contribution in [2.45, 2.75) is 10.9 Å². The van der Waals surface area contributed by atoms with Crippen LogP contribution in [0, 0.1) is 0 Å². The zero-order chi connectivity index (χ0) is 19.9. The first kappa shape index (κ1) is 20.0. The average Bonchev–Trinajstić information content (AvgIpc) is 2.78. The summed E-state index contributed by atoms with van der Waals surface area (Å²) in [4.78, 5) is 16.2. The number of nitrogens with zero attached hydrogens (tertiary/aromatic N) is 1. The summed E-state index contributed by atoms with van der Waals surface area (Å²) in [5, 5.41) is 5.67. The predicted molar refractivity (Wildman–Crippen MR) is 119 cm³/mol. The Morgan fingerprint density at radius 1 is 0.966 bits per heavy atom. The maximum absolute atomic E-state index is 12.7. The van der Waals surface area contributed by atoms with E-state index in [0.29, 0.717) is 5.75 Å². The monoisotopic (exact) mass is 406 g/mol. The molecule has 1 saturated heterocycles. The molecule has 1 fully saturated rings. The van der Waals surface area contributed by atoms with Crippen LogP contribution in [0.3, 0.4) is 0 Å². The summed E-state index contributed by atoms with van der Waals surface area (Å²) >= 11 is 1.58. The molecule has 0 spiro atoms. The minimum absolute atomic E-state index is 0.0148. The lowest BCUT2D eigenvalue weighted by molar-refractivity contribution is -0.119. The summed E-state index contributed by atoms with van der Waals surface area (Å²) in [6.07, 6.45) is 0. The molecule has 3 aromatic carbocycles. The maximum atomic E-state index is 12.7. The first-order valence-electron chi connectivity index (χ1n) is 10.0. The smallest absolute Gasteiger partial charge is 0.230 e. The van der Waals surface area contributed by atoms with Crippen molar-refractivity contribution in [2.75, 3.05) is 38.6 Å². The molecule has 0 radical (unpaired) electrons. The van der Waals surface area contributed by atoms with Gasteiger partial charge in [0.15, 0.2) is 0 Å². The molecule has 1 aliphatic heterocycles. The molecule has 0 saturated carbocycles. The predicted octanol–water partition coefficient (Wildman–Crippen LogP) is 4.12. The number of carbonyl (C=O) groups is 1. The molecule has 29 heavy (non-hydrogen) atoms. The normalized spacial score (nSPS) is 15.9. The van der Waals surface area contributed by atoms with E-state index >= 15 is 0 Å². The number of rotatable bonds is 7. The van der Waals surface area contributed by atoms with E-state index < -0.39 is 0 Å². The van der Waals surface area contributed by atoms with Gasteiger partial charge in [0, 0.05) is 24.5 Å². The quantitative estimate of drug-likeness (QED) is 0.599. The van der Waals surface area contributed by atoms with Crippen molar-refractivity contribution in [1.29, 1.82) is 0 Å². The molecule has 4 rings (SSSR count). The van der Waals surface area contributed by atoms with E-state index in [1.807, 2.05) is 30.3 Å². The van der Waals surface area contributed by atoms with Gasteiger partial charge < -0.3 is 10.1 Å². The lowest BCUT2D eigenvalue weighted by Crippen LogP contribution is -2.43. The van der Waals surface area contributed by atoms with Crippen molar-refractivity contribution in [2.24, 2.45) is 0 Å². The average molecular weight is 407 g/mol. The number of amides is 1. The van der Waals surface area contributed by atoms with Gasteiger partial charge in [-0.2, -0.15) is 0 Å². The summed E-state index contributed by atoms with van der Waals surface area (Å²) in [5.41, 5.74) is 1.14. The van der Waals surface area contributed by atoms with Gasteiger partial charge in [0.25, 0.3) is 0 Å². The minimum atomic E-state index is -0.0148. The highest BCUT2D eigenvalue weighted by atomic mass is 32.2. The zero-order valence-electron chi connectivity index (χ0n) is 16.4. The molecule has 3 aromatic rings. The lowest BCUT2D eigenvalue weighted by Gasteiger charge is -2.31. The second-order valence-electron chi connectivity index (χ2n) is 7.24. The van der Waals surface area contributed by atoms with Crippen LogP contribution in [0.25, 0.3) is 10.8 Å². The Labute approximate surface area is 176 Å². The van der Waals surface area contributed by atoms with Crippen molar-refractivity contribution < 1.29 is 9.53 Å². The summed E-state index contributed by atoms with van der Waals surface area (Å²) in [7, 11) is 0. The Hall–Kier alpha value is -2.34. The van der Waals surface area contributed by atoms with Crippen LogP contribution in [0.5, 0.6) is 0 Å². The highest BCUT2D eigenvalue weighted by Gasteiger charge is 2.20. The second-order valence-corrected chi connectivity index (χ2v) is 8.29. The number of thioether (sulfide) groups is 1. The molecule has 150 valence electrons. The fraction of sp³-hybridized carbons (Fsp3) is 0.292. The summed E-state index contributed by atoms with van der Waals surface area (Å²) in [5.74, 6) is 0.468. The molecule has 1 aliphatic rings. The highest BCUT2D eigenvalue weighted by molar-refractivity contribution is 8.00. The number of hydrogen-bond donors (Lipinski definition) is 1. The van der Waals surface area contributed by atoms with Gasteiger partial charge in [0.05, 0.1) is 25.0 Å². The number of fused-ring (bicyclic) bond motifs is 1. The van der Waals surface area contributed by atoms with Crippen LogP contribution in [-0.2, 0) is 9.53 Å². The second kappa shape index (κ2) is 9.92. The third-order valence-corrected chi connectivity index (χ3v) is 6.17. The van der Waals surface area contributed by atoms with E-state index in [-0.39, 0.29) is 11.9 Å². The molecular formula is C24H26N2O2S. The van der Waals surface area contributed by atoms with Gasteiger partial charge in [-0.1, -0.05) is 60.7 Å². The first-order chi connectivity index (χ1) is 14.3. The number of ether oxygens (including phenoxy) is 1. The van der Waals surface area contributed by atoms with E-state index in [4.69, 9.17) is 4.74 Å². The molecule has 4 nitrogen and oxygen atoms in total. The maximum Gasteiger partial charge on any atom is 0.230 e. The van der Waals surface area contributed by atoms with Crippen LogP contribution < -0.4 is 5.32 Å². The molecule has 1 atom stereocenters. The Kier molecular flexibility index (Phi) is 6.83. The number of carbonyl (C=O) groups excluding carboxylic acids is 1. The van der Waals surface area contributed by atoms with Crippen LogP contribution >= 0.6 is 11.8 Å². The van der Waals surface area contributed by atoms with Crippen molar-refractivity contribution in [3.8, 4) is 0 Å². The van der Waals surface area contributed by atoms with Crippen LogP contribution in [0.2, 0.25) is 0 Å². The summed E-state index contributed by atoms with van der Waals surface area (Å²) in [6.45, 7) is 4.14. The third kappa shape index (κ3) is 5.60. The molecule has 1 amide bonds. The van der Waals surface area contributed by atoms with Gasteiger partial charge in [-0.25, -0.2) is 0 Å². The standard InChI is InChI=1S/C24H26N2O2S/c27-24(18-29-22-11-10-19-6-4-5-9-21(19)16-22)25-23(20-7-2-1-3-8-20)17-26-12-14-28-15-13-26/h1-11,16,23H,12-15,17-18H2,(H,25,27)/t23-/m0/s1. The molecule has 0 aliphatic carbocycles. The van der Waals surface area contributed by atoms with E-state index in [0.717, 1.165) is 43.3 Å². The van der Waals surface area contributed by atoms with Crippen LogP contribution in [0.15, 0.2) is 77.7 Å². The van der Waals surface area contributed by atoms with Gasteiger partial charge in [-0.05, 0) is 28.5 Å². The highest BCUT2D eigenvalue weighted by Crippen LogP contribution is 2.24. The SMILES string of the molecule is O=C(CSc1ccc2ccccc2c1)N[C@@H](CN1CCOCC1)c1ccccc1.